The smallest absolute Gasteiger partial charge is 0.313 e. The standard InChI is InChI=1S/C15H16O2.CCl2O/c1-15(2,11-3-7-13(16)8-4-11)12-5-9-14(17)10-6-12;2-1(3)4/h3-10,16-17H,1-2H3;. The summed E-state index contributed by atoms with van der Waals surface area (Å²) in [5, 5.41) is 18.6. The molecule has 2 aromatic rings. The van der Waals surface area contributed by atoms with Crippen LogP contribution in [-0.2, 0) is 5.41 Å². The lowest BCUT2D eigenvalue weighted by atomic mass is 9.78. The molecule has 0 aliphatic rings. The number of rotatable bonds is 2. The van der Waals surface area contributed by atoms with Crippen LogP contribution in [0.3, 0.4) is 0 Å². The first-order valence-corrected chi connectivity index (χ1v) is 6.93. The number of benzene rings is 2. The molecule has 2 rings (SSSR count). The van der Waals surface area contributed by atoms with Crippen molar-refractivity contribution < 1.29 is 15.0 Å². The number of carbonyl (C=O) groups is 1. The summed E-state index contributed by atoms with van der Waals surface area (Å²) in [4.78, 5) is 8.98. The van der Waals surface area contributed by atoms with E-state index >= 15 is 0 Å². The van der Waals surface area contributed by atoms with E-state index in [0.29, 0.717) is 0 Å². The maximum atomic E-state index is 9.30. The van der Waals surface area contributed by atoms with Crippen molar-refractivity contribution in [2.24, 2.45) is 0 Å². The molecule has 0 bridgehead atoms. The van der Waals surface area contributed by atoms with Crippen molar-refractivity contribution in [2.45, 2.75) is 19.3 Å². The van der Waals surface area contributed by atoms with Crippen LogP contribution < -0.4 is 0 Å². The molecule has 5 heteroatoms. The lowest BCUT2D eigenvalue weighted by molar-refractivity contribution is 0.275. The van der Waals surface area contributed by atoms with Gasteiger partial charge >= 0.3 is 4.70 Å². The van der Waals surface area contributed by atoms with Gasteiger partial charge in [0.15, 0.2) is 0 Å². The first-order valence-electron chi connectivity index (χ1n) is 6.17. The van der Waals surface area contributed by atoms with E-state index < -0.39 is 4.70 Å². The molecule has 0 aromatic heterocycles. The maximum Gasteiger partial charge on any atom is 0.313 e. The molecule has 0 fully saturated rings. The molecule has 0 radical (unpaired) electrons. The third-order valence-electron chi connectivity index (χ3n) is 3.18. The van der Waals surface area contributed by atoms with Gasteiger partial charge in [-0.25, -0.2) is 0 Å². The molecule has 0 unspecified atom stereocenters. The Kier molecular flexibility index (Phi) is 6.06. The Bertz CT molecular complexity index is 538. The molecule has 2 aromatic carbocycles. The second-order valence-electron chi connectivity index (χ2n) is 4.94. The Morgan fingerprint density at radius 1 is 0.810 bits per heavy atom. The van der Waals surface area contributed by atoms with E-state index in [1.54, 1.807) is 24.3 Å². The summed E-state index contributed by atoms with van der Waals surface area (Å²) in [5.41, 5.74) is 2.10. The monoisotopic (exact) mass is 326 g/mol. The highest BCUT2D eigenvalue weighted by Crippen LogP contribution is 2.32. The van der Waals surface area contributed by atoms with Gasteiger partial charge in [-0.3, -0.25) is 4.79 Å². The molecule has 0 amide bonds. The fourth-order valence-electron chi connectivity index (χ4n) is 1.92. The van der Waals surface area contributed by atoms with Crippen LogP contribution in [0.5, 0.6) is 11.5 Å². The van der Waals surface area contributed by atoms with Gasteiger partial charge in [0.25, 0.3) is 0 Å². The van der Waals surface area contributed by atoms with Crippen molar-refractivity contribution >= 4 is 27.9 Å². The van der Waals surface area contributed by atoms with E-state index in [1.807, 2.05) is 24.3 Å². The van der Waals surface area contributed by atoms with Gasteiger partial charge in [0.1, 0.15) is 11.5 Å². The van der Waals surface area contributed by atoms with Crippen LogP contribution in [0.4, 0.5) is 4.79 Å². The fourth-order valence-corrected chi connectivity index (χ4v) is 1.92. The van der Waals surface area contributed by atoms with E-state index in [4.69, 9.17) is 4.79 Å². The van der Waals surface area contributed by atoms with Crippen molar-refractivity contribution in [1.82, 2.24) is 0 Å². The molecule has 3 nitrogen and oxygen atoms in total. The zero-order valence-corrected chi connectivity index (χ0v) is 13.2. The maximum absolute atomic E-state index is 9.30. The molecule has 0 saturated heterocycles. The molecule has 0 aliphatic heterocycles. The first kappa shape index (κ1) is 17.3. The molecule has 112 valence electrons. The minimum Gasteiger partial charge on any atom is -0.508 e. The summed E-state index contributed by atoms with van der Waals surface area (Å²) in [6, 6.07) is 14.4. The quantitative estimate of drug-likeness (QED) is 0.763. The predicted molar refractivity (Wildman–Crippen MR) is 85.4 cm³/mol. The van der Waals surface area contributed by atoms with Crippen molar-refractivity contribution in [1.29, 1.82) is 0 Å². The second kappa shape index (κ2) is 7.34. The third-order valence-corrected chi connectivity index (χ3v) is 3.18. The van der Waals surface area contributed by atoms with Gasteiger partial charge in [-0.15, -0.1) is 0 Å². The fraction of sp³-hybridized carbons (Fsp3) is 0.188. The zero-order valence-electron chi connectivity index (χ0n) is 11.7. The van der Waals surface area contributed by atoms with Crippen molar-refractivity contribution in [3.8, 4) is 11.5 Å². The Morgan fingerprint density at radius 3 is 1.29 bits per heavy atom. The lowest BCUT2D eigenvalue weighted by Crippen LogP contribution is -2.18. The van der Waals surface area contributed by atoms with Crippen molar-refractivity contribution in [3.05, 3.63) is 59.7 Å². The number of halogens is 2. The van der Waals surface area contributed by atoms with Gasteiger partial charge < -0.3 is 10.2 Å². The zero-order chi connectivity index (χ0) is 16.0. The minimum atomic E-state index is -0.889. The van der Waals surface area contributed by atoms with Crippen molar-refractivity contribution in [3.63, 3.8) is 0 Å². The van der Waals surface area contributed by atoms with E-state index in [0.717, 1.165) is 11.1 Å². The Balaban J connectivity index is 0.000000491. The number of hydrogen-bond acceptors (Lipinski definition) is 3. The third kappa shape index (κ3) is 5.29. The summed E-state index contributed by atoms with van der Waals surface area (Å²) in [7, 11) is 0. The summed E-state index contributed by atoms with van der Waals surface area (Å²) in [6.07, 6.45) is 0. The van der Waals surface area contributed by atoms with E-state index in [9.17, 15) is 10.2 Å². The minimum absolute atomic E-state index is 0.151. The summed E-state index contributed by atoms with van der Waals surface area (Å²) in [6.45, 7) is 4.23. The first-order chi connectivity index (χ1) is 9.73. The van der Waals surface area contributed by atoms with Gasteiger partial charge in [-0.1, -0.05) is 38.1 Å². The largest absolute Gasteiger partial charge is 0.508 e. The van der Waals surface area contributed by atoms with Gasteiger partial charge in [0.2, 0.25) is 0 Å². The summed E-state index contributed by atoms with van der Waals surface area (Å²) in [5.74, 6) is 0.547. The number of aromatic hydroxyl groups is 2. The number of phenols is 2. The SMILES string of the molecule is CC(C)(c1ccc(O)cc1)c1ccc(O)cc1.O=C(Cl)Cl. The number of carbonyl (C=O) groups excluding carboxylic acids is 1. The van der Waals surface area contributed by atoms with E-state index in [-0.39, 0.29) is 16.9 Å². The molecular formula is C16H16Cl2O3. The predicted octanol–water partition coefficient (Wildman–Crippen LogP) is 5.01. The molecule has 21 heavy (non-hydrogen) atoms. The molecule has 2 N–H and O–H groups in total. The highest BCUT2D eigenvalue weighted by atomic mass is 35.5. The van der Waals surface area contributed by atoms with Gasteiger partial charge in [-0.2, -0.15) is 0 Å². The molecule has 0 atom stereocenters. The molecular weight excluding hydrogens is 311 g/mol. The van der Waals surface area contributed by atoms with Gasteiger partial charge in [-0.05, 0) is 58.6 Å². The second-order valence-corrected chi connectivity index (χ2v) is 5.82. The van der Waals surface area contributed by atoms with Crippen molar-refractivity contribution in [2.75, 3.05) is 0 Å². The van der Waals surface area contributed by atoms with E-state index in [1.165, 1.54) is 0 Å². The number of hydrogen-bond donors (Lipinski definition) is 2. The number of phenolic OH excluding ortho intramolecular Hbond substituents is 2. The lowest BCUT2D eigenvalue weighted by Gasteiger charge is -2.26. The van der Waals surface area contributed by atoms with E-state index in [2.05, 4.69) is 37.0 Å². The van der Waals surface area contributed by atoms with Crippen LogP contribution in [0.15, 0.2) is 48.5 Å². The molecule has 0 aliphatic carbocycles. The topological polar surface area (TPSA) is 57.5 Å². The highest BCUT2D eigenvalue weighted by molar-refractivity contribution is 6.93. The Morgan fingerprint density at radius 2 is 1.05 bits per heavy atom. The molecule has 0 heterocycles. The average molecular weight is 327 g/mol. The molecule has 0 spiro atoms. The summed E-state index contributed by atoms with van der Waals surface area (Å²) >= 11 is 8.80. The Hall–Kier alpha value is -1.71. The molecule has 0 saturated carbocycles. The van der Waals surface area contributed by atoms with Crippen LogP contribution in [0.2, 0.25) is 0 Å². The normalized spacial score (nSPS) is 10.5. The van der Waals surface area contributed by atoms with Crippen LogP contribution in [0.25, 0.3) is 0 Å². The Labute approximate surface area is 133 Å². The summed E-state index contributed by atoms with van der Waals surface area (Å²) < 4.78 is -0.889. The van der Waals surface area contributed by atoms with Crippen LogP contribution in [0, 0.1) is 0 Å². The highest BCUT2D eigenvalue weighted by Gasteiger charge is 2.22. The average Bonchev–Trinajstić information content (AvgIpc) is 2.39. The van der Waals surface area contributed by atoms with Gasteiger partial charge in [0, 0.05) is 5.41 Å². The van der Waals surface area contributed by atoms with Crippen LogP contribution in [-0.4, -0.2) is 14.9 Å². The van der Waals surface area contributed by atoms with Crippen LogP contribution >= 0.6 is 23.2 Å². The van der Waals surface area contributed by atoms with Crippen LogP contribution in [0.1, 0.15) is 25.0 Å². The van der Waals surface area contributed by atoms with Gasteiger partial charge in [0.05, 0.1) is 0 Å².